The van der Waals surface area contributed by atoms with E-state index in [1.54, 1.807) is 19.2 Å². The number of rotatable bonds is 14. The van der Waals surface area contributed by atoms with E-state index in [9.17, 15) is 19.0 Å². The third kappa shape index (κ3) is 10.7. The minimum Gasteiger partial charge on any atom is -0.431 e. The van der Waals surface area contributed by atoms with Crippen molar-refractivity contribution in [2.24, 2.45) is 5.92 Å². The van der Waals surface area contributed by atoms with Crippen LogP contribution in [0.25, 0.3) is 0 Å². The highest BCUT2D eigenvalue weighted by molar-refractivity contribution is 7.47. The maximum atomic E-state index is 12.1. The molecule has 0 aliphatic carbocycles. The molecule has 1 aromatic carbocycles. The number of nitrogens with one attached hydrogen (secondary N) is 2. The van der Waals surface area contributed by atoms with Gasteiger partial charge in [-0.15, -0.1) is 0 Å². The molecular weight excluding hydrogens is 490 g/mol. The van der Waals surface area contributed by atoms with Crippen LogP contribution in [0.15, 0.2) is 42.5 Å². The summed E-state index contributed by atoms with van der Waals surface area (Å²) in [5, 5.41) is 5.20. The Kier molecular flexibility index (Phi) is 13.0. The first-order valence-electron chi connectivity index (χ1n) is 11.7. The van der Waals surface area contributed by atoms with Gasteiger partial charge in [0, 0.05) is 32.6 Å². The number of urea groups is 1. The van der Waals surface area contributed by atoms with Crippen LogP contribution in [0, 0.1) is 5.92 Å². The molecule has 11 nitrogen and oxygen atoms in total. The van der Waals surface area contributed by atoms with Gasteiger partial charge in [-0.1, -0.05) is 42.5 Å². The van der Waals surface area contributed by atoms with Crippen molar-refractivity contribution in [1.29, 1.82) is 0 Å². The maximum Gasteiger partial charge on any atom is 0.508 e. The number of amides is 2. The predicted octanol–water partition coefficient (Wildman–Crippen LogP) is 3.03. The van der Waals surface area contributed by atoms with Crippen molar-refractivity contribution >= 4 is 27.9 Å². The normalized spacial score (nSPS) is 23.2. The standard InChI is InChI=1S/C23H34BN2O9P/c1-25-22(27)26-14-10-5-3-4-9-13-18-20(35-36(29,30)31-2)19(34-21(18)24)16-33-23(28)32-15-17-11-7-6-8-12-17/h4,6-9,11-12,18-21H,3,5,10,13-16H2,1-2H3,(H,29,30)(H2,25,26,27)/b9-4+/t18-,19+,20?,21+/m0/s1. The third-order valence-corrected chi connectivity index (χ3v) is 6.45. The molecule has 3 N–H and O–H groups in total. The van der Waals surface area contributed by atoms with Crippen molar-refractivity contribution in [3.63, 3.8) is 0 Å². The minimum atomic E-state index is -4.36. The molecular formula is C23H34BN2O9P. The van der Waals surface area contributed by atoms with E-state index in [2.05, 4.69) is 15.2 Å². The number of benzene rings is 1. The second-order valence-corrected chi connectivity index (χ2v) is 9.58. The van der Waals surface area contributed by atoms with Gasteiger partial charge in [-0.3, -0.25) is 9.05 Å². The Bertz CT molecular complexity index is 890. The number of hydrogen-bond acceptors (Lipinski definition) is 8. The number of ether oxygens (including phenoxy) is 3. The van der Waals surface area contributed by atoms with Gasteiger partial charge in [0.05, 0.1) is 0 Å². The number of allylic oxidation sites excluding steroid dienone is 2. The Balaban J connectivity index is 1.85. The van der Waals surface area contributed by atoms with E-state index in [4.69, 9.17) is 26.6 Å². The van der Waals surface area contributed by atoms with Gasteiger partial charge in [0.2, 0.25) is 0 Å². The number of carbonyl (C=O) groups is 2. The van der Waals surface area contributed by atoms with Crippen LogP contribution < -0.4 is 10.6 Å². The lowest BCUT2D eigenvalue weighted by atomic mass is 9.82. The van der Waals surface area contributed by atoms with E-state index in [1.165, 1.54) is 0 Å². The molecule has 1 aliphatic heterocycles. The second kappa shape index (κ2) is 15.7. The fourth-order valence-electron chi connectivity index (χ4n) is 3.55. The average Bonchev–Trinajstić information content (AvgIpc) is 3.16. The minimum absolute atomic E-state index is 0.0371. The molecule has 13 heteroatoms. The number of phosphoric ester groups is 1. The summed E-state index contributed by atoms with van der Waals surface area (Å²) in [6.45, 7) is 0.326. The molecule has 198 valence electrons. The summed E-state index contributed by atoms with van der Waals surface area (Å²) in [5.74, 6) is -0.485. The lowest BCUT2D eigenvalue weighted by molar-refractivity contribution is -0.0303. The lowest BCUT2D eigenvalue weighted by Gasteiger charge is -2.24. The van der Waals surface area contributed by atoms with E-state index in [-0.39, 0.29) is 19.2 Å². The topological polar surface area (TPSA) is 142 Å². The van der Waals surface area contributed by atoms with Crippen LogP contribution in [-0.4, -0.2) is 70.4 Å². The highest BCUT2D eigenvalue weighted by Crippen LogP contribution is 2.48. The van der Waals surface area contributed by atoms with Crippen LogP contribution >= 0.6 is 7.82 Å². The molecule has 0 aromatic heterocycles. The van der Waals surface area contributed by atoms with Crippen molar-refractivity contribution in [2.75, 3.05) is 27.3 Å². The maximum absolute atomic E-state index is 12.1. The molecule has 1 aliphatic rings. The highest BCUT2D eigenvalue weighted by atomic mass is 31.2. The quantitative estimate of drug-likeness (QED) is 0.110. The smallest absolute Gasteiger partial charge is 0.431 e. The van der Waals surface area contributed by atoms with Gasteiger partial charge in [0.15, 0.2) is 0 Å². The third-order valence-electron chi connectivity index (χ3n) is 5.48. The number of hydrogen-bond donors (Lipinski definition) is 3. The molecule has 1 heterocycles. The number of phosphoric acid groups is 1. The first-order valence-corrected chi connectivity index (χ1v) is 13.2. The summed E-state index contributed by atoms with van der Waals surface area (Å²) >= 11 is 0. The van der Waals surface area contributed by atoms with Crippen LogP contribution in [0.3, 0.4) is 0 Å². The van der Waals surface area contributed by atoms with Crippen molar-refractivity contribution in [1.82, 2.24) is 10.6 Å². The molecule has 2 rings (SSSR count). The Labute approximate surface area is 212 Å². The summed E-state index contributed by atoms with van der Waals surface area (Å²) in [7, 11) is 4.36. The zero-order valence-electron chi connectivity index (χ0n) is 20.5. The molecule has 2 amide bonds. The molecule has 1 aromatic rings. The van der Waals surface area contributed by atoms with Crippen LogP contribution in [0.4, 0.5) is 9.59 Å². The van der Waals surface area contributed by atoms with Crippen molar-refractivity contribution in [2.45, 2.75) is 50.5 Å². The fourth-order valence-corrected chi connectivity index (χ4v) is 4.23. The zero-order valence-corrected chi connectivity index (χ0v) is 21.4. The number of unbranched alkanes of at least 4 members (excludes halogenated alkanes) is 2. The highest BCUT2D eigenvalue weighted by Gasteiger charge is 2.46. The van der Waals surface area contributed by atoms with E-state index < -0.39 is 38.1 Å². The SMILES string of the molecule is [B][C@@H]1O[C@H](COC(=O)OCc2ccccc2)C(OP(=O)(O)OC)[C@@H]1C/C=C/CCCCNC(=O)NC. The molecule has 0 bridgehead atoms. The predicted molar refractivity (Wildman–Crippen MR) is 132 cm³/mol. The van der Waals surface area contributed by atoms with Crippen LogP contribution in [-0.2, 0) is 34.4 Å². The monoisotopic (exact) mass is 524 g/mol. The van der Waals surface area contributed by atoms with Crippen LogP contribution in [0.5, 0.6) is 0 Å². The zero-order chi connectivity index (χ0) is 26.4. The number of carbonyl (C=O) groups excluding carboxylic acids is 2. The van der Waals surface area contributed by atoms with E-state index in [0.717, 1.165) is 31.9 Å². The largest absolute Gasteiger partial charge is 0.508 e. The van der Waals surface area contributed by atoms with Gasteiger partial charge in [0.25, 0.3) is 0 Å². The summed E-state index contributed by atoms with van der Waals surface area (Å²) < 4.78 is 37.9. The van der Waals surface area contributed by atoms with Crippen molar-refractivity contribution in [3.8, 4) is 0 Å². The Hall–Kier alpha value is -2.37. The molecule has 5 atom stereocenters. The summed E-state index contributed by atoms with van der Waals surface area (Å²) in [5.41, 5.74) is 0.797. The van der Waals surface area contributed by atoms with Gasteiger partial charge >= 0.3 is 20.0 Å². The molecule has 1 saturated heterocycles. The van der Waals surface area contributed by atoms with Gasteiger partial charge in [-0.25, -0.2) is 14.2 Å². The fraction of sp³-hybridized carbons (Fsp3) is 0.565. The second-order valence-electron chi connectivity index (χ2n) is 8.07. The Morgan fingerprint density at radius 2 is 1.94 bits per heavy atom. The Morgan fingerprint density at radius 1 is 1.19 bits per heavy atom. The average molecular weight is 524 g/mol. The van der Waals surface area contributed by atoms with Crippen LogP contribution in [0.1, 0.15) is 31.2 Å². The molecule has 1 fully saturated rings. The van der Waals surface area contributed by atoms with Crippen molar-refractivity contribution in [3.05, 3.63) is 48.0 Å². The summed E-state index contributed by atoms with van der Waals surface area (Å²) in [4.78, 5) is 33.0. The molecule has 2 unspecified atom stereocenters. The first-order chi connectivity index (χ1) is 17.3. The van der Waals surface area contributed by atoms with Gasteiger partial charge in [-0.2, -0.15) is 0 Å². The molecule has 0 saturated carbocycles. The summed E-state index contributed by atoms with van der Waals surface area (Å²) in [6, 6.07) is 8.07. The molecule has 0 spiro atoms. The van der Waals surface area contributed by atoms with Gasteiger partial charge in [0.1, 0.15) is 33.3 Å². The first kappa shape index (κ1) is 29.9. The van der Waals surface area contributed by atoms with Crippen molar-refractivity contribution < 1.29 is 42.3 Å². The van der Waals surface area contributed by atoms with E-state index in [1.807, 2.05) is 30.4 Å². The Morgan fingerprint density at radius 3 is 2.64 bits per heavy atom. The summed E-state index contributed by atoms with van der Waals surface area (Å²) in [6.07, 6.45) is 3.95. The van der Waals surface area contributed by atoms with Gasteiger partial charge < -0.3 is 29.7 Å². The van der Waals surface area contributed by atoms with Gasteiger partial charge in [-0.05, 0) is 31.2 Å². The lowest BCUT2D eigenvalue weighted by Crippen LogP contribution is -2.34. The van der Waals surface area contributed by atoms with E-state index >= 15 is 0 Å². The molecule has 2 radical (unpaired) electrons. The molecule has 36 heavy (non-hydrogen) atoms. The van der Waals surface area contributed by atoms with E-state index in [0.29, 0.717) is 13.0 Å². The van der Waals surface area contributed by atoms with Crippen LogP contribution in [0.2, 0.25) is 0 Å².